The summed E-state index contributed by atoms with van der Waals surface area (Å²) in [5.74, 6) is 0.166. The van der Waals surface area contributed by atoms with Gasteiger partial charge in [-0.05, 0) is 31.2 Å². The van der Waals surface area contributed by atoms with Crippen LogP contribution in [0.4, 0.5) is 11.5 Å². The number of carbonyl (C=O) groups is 1. The van der Waals surface area contributed by atoms with Gasteiger partial charge in [0.25, 0.3) is 0 Å². The number of nitrogen functional groups attached to an aromatic ring is 1. The van der Waals surface area contributed by atoms with Crippen LogP contribution in [-0.2, 0) is 4.74 Å². The number of aromatic nitrogens is 1. The maximum Gasteiger partial charge on any atom is 0.340 e. The van der Waals surface area contributed by atoms with Gasteiger partial charge >= 0.3 is 5.97 Å². The molecule has 1 aliphatic carbocycles. The van der Waals surface area contributed by atoms with Crippen LogP contribution in [0.2, 0.25) is 0 Å². The van der Waals surface area contributed by atoms with E-state index in [1.165, 1.54) is 19.3 Å². The Kier molecular flexibility index (Phi) is 3.93. The van der Waals surface area contributed by atoms with E-state index in [9.17, 15) is 4.79 Å². The van der Waals surface area contributed by atoms with Gasteiger partial charge in [0.15, 0.2) is 0 Å². The number of pyridine rings is 1. The van der Waals surface area contributed by atoms with Crippen LogP contribution in [-0.4, -0.2) is 24.1 Å². The molecule has 5 heteroatoms. The molecule has 0 atom stereocenters. The van der Waals surface area contributed by atoms with Crippen molar-refractivity contribution in [2.45, 2.75) is 33.1 Å². The number of rotatable bonds is 5. The average Bonchev–Trinajstić information content (AvgIpc) is 2.35. The Labute approximate surface area is 113 Å². The summed E-state index contributed by atoms with van der Waals surface area (Å²) in [5.41, 5.74) is 7.04. The van der Waals surface area contributed by atoms with Gasteiger partial charge in [0.1, 0.15) is 5.82 Å². The lowest BCUT2D eigenvalue weighted by Gasteiger charge is -2.38. The fraction of sp³-hybridized carbons (Fsp3) is 0.571. The topological polar surface area (TPSA) is 77.2 Å². The number of carbonyl (C=O) groups excluding carboxylic acids is 1. The summed E-state index contributed by atoms with van der Waals surface area (Å²) >= 11 is 0. The number of esters is 1. The van der Waals surface area contributed by atoms with Crippen LogP contribution in [0.3, 0.4) is 0 Å². The van der Waals surface area contributed by atoms with Crippen molar-refractivity contribution in [3.63, 3.8) is 0 Å². The first-order chi connectivity index (χ1) is 9.06. The largest absolute Gasteiger partial charge is 0.462 e. The molecule has 0 aliphatic heterocycles. The maximum atomic E-state index is 11.7. The fourth-order valence-electron chi connectivity index (χ4n) is 2.26. The lowest BCUT2D eigenvalue weighted by molar-refractivity contribution is 0.0527. The first-order valence-corrected chi connectivity index (χ1v) is 6.71. The zero-order chi connectivity index (χ0) is 13.9. The highest BCUT2D eigenvalue weighted by Crippen LogP contribution is 2.40. The number of nitrogens with one attached hydrogen (secondary N) is 1. The van der Waals surface area contributed by atoms with Crippen LogP contribution in [0.1, 0.15) is 43.5 Å². The van der Waals surface area contributed by atoms with E-state index in [1.54, 1.807) is 19.2 Å². The molecule has 0 aromatic carbocycles. The summed E-state index contributed by atoms with van der Waals surface area (Å²) in [6.07, 6.45) is 5.30. The van der Waals surface area contributed by atoms with Gasteiger partial charge in [-0.3, -0.25) is 0 Å². The summed E-state index contributed by atoms with van der Waals surface area (Å²) in [4.78, 5) is 15.9. The molecule has 1 aromatic rings. The Morgan fingerprint density at radius 2 is 2.32 bits per heavy atom. The molecule has 1 aromatic heterocycles. The molecule has 1 aliphatic rings. The van der Waals surface area contributed by atoms with Crippen LogP contribution >= 0.6 is 0 Å². The number of anilines is 2. The fourth-order valence-corrected chi connectivity index (χ4v) is 2.26. The molecule has 5 nitrogen and oxygen atoms in total. The summed E-state index contributed by atoms with van der Waals surface area (Å²) in [7, 11) is 0. The molecule has 0 radical (unpaired) electrons. The summed E-state index contributed by atoms with van der Waals surface area (Å²) in [6.45, 7) is 5.18. The predicted octanol–water partition coefficient (Wildman–Crippen LogP) is 2.44. The van der Waals surface area contributed by atoms with Gasteiger partial charge in [0.05, 0.1) is 17.9 Å². The Morgan fingerprint density at radius 1 is 1.58 bits per heavy atom. The van der Waals surface area contributed by atoms with E-state index in [4.69, 9.17) is 10.5 Å². The molecule has 0 amide bonds. The van der Waals surface area contributed by atoms with Crippen molar-refractivity contribution in [3.05, 3.63) is 17.8 Å². The predicted molar refractivity (Wildman–Crippen MR) is 75.1 cm³/mol. The quantitative estimate of drug-likeness (QED) is 0.798. The van der Waals surface area contributed by atoms with Gasteiger partial charge in [-0.25, -0.2) is 9.78 Å². The zero-order valence-electron chi connectivity index (χ0n) is 11.5. The lowest BCUT2D eigenvalue weighted by Crippen LogP contribution is -2.33. The van der Waals surface area contributed by atoms with Crippen molar-refractivity contribution in [3.8, 4) is 0 Å². The molecule has 0 saturated heterocycles. The third kappa shape index (κ3) is 2.97. The Balaban J connectivity index is 2.08. The highest BCUT2D eigenvalue weighted by Gasteiger charge is 2.31. The van der Waals surface area contributed by atoms with Crippen LogP contribution in [0.5, 0.6) is 0 Å². The third-order valence-electron chi connectivity index (χ3n) is 3.73. The molecular formula is C14H21N3O2. The van der Waals surface area contributed by atoms with Crippen molar-refractivity contribution >= 4 is 17.5 Å². The van der Waals surface area contributed by atoms with Gasteiger partial charge in [-0.15, -0.1) is 0 Å². The first kappa shape index (κ1) is 13.6. The standard InChI is InChI=1S/C14H21N3O2/c1-3-19-13(18)10-5-8-16-12(11(10)15)17-9-14(2)6-4-7-14/h5,8H,3-4,6-7,9,15H2,1-2H3,(H,16,17). The van der Waals surface area contributed by atoms with Crippen LogP contribution in [0.15, 0.2) is 12.3 Å². The van der Waals surface area contributed by atoms with Crippen LogP contribution in [0, 0.1) is 5.41 Å². The second kappa shape index (κ2) is 5.47. The molecule has 0 unspecified atom stereocenters. The van der Waals surface area contributed by atoms with Gasteiger partial charge in [0, 0.05) is 12.7 Å². The number of hydrogen-bond donors (Lipinski definition) is 2. The highest BCUT2D eigenvalue weighted by atomic mass is 16.5. The highest BCUT2D eigenvalue weighted by molar-refractivity contribution is 5.97. The molecule has 0 spiro atoms. The van der Waals surface area contributed by atoms with E-state index >= 15 is 0 Å². The molecule has 1 fully saturated rings. The van der Waals surface area contributed by atoms with E-state index in [-0.39, 0.29) is 0 Å². The molecule has 1 saturated carbocycles. The molecule has 104 valence electrons. The Bertz CT molecular complexity index is 470. The van der Waals surface area contributed by atoms with Crippen molar-refractivity contribution in [1.82, 2.24) is 4.98 Å². The van der Waals surface area contributed by atoms with Crippen LogP contribution < -0.4 is 11.1 Å². The summed E-state index contributed by atoms with van der Waals surface area (Å²) < 4.78 is 4.97. The van der Waals surface area contributed by atoms with Crippen LogP contribution in [0.25, 0.3) is 0 Å². The summed E-state index contributed by atoms with van der Waals surface area (Å²) in [5, 5.41) is 3.25. The second-order valence-electron chi connectivity index (χ2n) is 5.36. The minimum atomic E-state index is -0.402. The minimum absolute atomic E-state index is 0.327. The van der Waals surface area contributed by atoms with E-state index in [2.05, 4.69) is 17.2 Å². The SMILES string of the molecule is CCOC(=O)c1ccnc(NCC2(C)CCC2)c1N. The number of hydrogen-bond acceptors (Lipinski definition) is 5. The van der Waals surface area contributed by atoms with Crippen molar-refractivity contribution < 1.29 is 9.53 Å². The lowest BCUT2D eigenvalue weighted by atomic mass is 9.70. The normalized spacial score (nSPS) is 16.5. The first-order valence-electron chi connectivity index (χ1n) is 6.71. The van der Waals surface area contributed by atoms with Crippen molar-refractivity contribution in [2.75, 3.05) is 24.2 Å². The molecule has 0 bridgehead atoms. The minimum Gasteiger partial charge on any atom is -0.462 e. The maximum absolute atomic E-state index is 11.7. The molecular weight excluding hydrogens is 242 g/mol. The van der Waals surface area contributed by atoms with Gasteiger partial charge in [-0.1, -0.05) is 13.3 Å². The van der Waals surface area contributed by atoms with Gasteiger partial charge in [-0.2, -0.15) is 0 Å². The summed E-state index contributed by atoms with van der Waals surface area (Å²) in [6, 6.07) is 1.59. The van der Waals surface area contributed by atoms with E-state index in [0.717, 1.165) is 6.54 Å². The number of nitrogens with two attached hydrogens (primary N) is 1. The van der Waals surface area contributed by atoms with E-state index in [0.29, 0.717) is 29.1 Å². The number of ether oxygens (including phenoxy) is 1. The van der Waals surface area contributed by atoms with Crippen molar-refractivity contribution in [2.24, 2.45) is 5.41 Å². The average molecular weight is 263 g/mol. The molecule has 2 rings (SSSR count). The smallest absolute Gasteiger partial charge is 0.340 e. The monoisotopic (exact) mass is 263 g/mol. The molecule has 3 N–H and O–H groups in total. The van der Waals surface area contributed by atoms with E-state index < -0.39 is 5.97 Å². The van der Waals surface area contributed by atoms with E-state index in [1.807, 2.05) is 0 Å². The molecule has 1 heterocycles. The third-order valence-corrected chi connectivity index (χ3v) is 3.73. The second-order valence-corrected chi connectivity index (χ2v) is 5.36. The zero-order valence-corrected chi connectivity index (χ0v) is 11.5. The molecule has 19 heavy (non-hydrogen) atoms. The van der Waals surface area contributed by atoms with Gasteiger partial charge < -0.3 is 15.8 Å². The Hall–Kier alpha value is -1.78. The number of nitrogens with zero attached hydrogens (tertiary/aromatic N) is 1. The Morgan fingerprint density at radius 3 is 2.89 bits per heavy atom. The van der Waals surface area contributed by atoms with Gasteiger partial charge in [0.2, 0.25) is 0 Å². The van der Waals surface area contributed by atoms with Crippen molar-refractivity contribution in [1.29, 1.82) is 0 Å².